The zero-order valence-corrected chi connectivity index (χ0v) is 54.8. The Morgan fingerprint density at radius 3 is 2.14 bits per heavy atom. The summed E-state index contributed by atoms with van der Waals surface area (Å²) in [5, 5.41) is 10.8. The van der Waals surface area contributed by atoms with E-state index in [9.17, 15) is 33.2 Å². The number of nitrogens with one attached hydrogen (secondary N) is 4. The summed E-state index contributed by atoms with van der Waals surface area (Å²) in [5.41, 5.74) is 1.29. The molecule has 22 nitrogen and oxygen atoms in total. The lowest BCUT2D eigenvalue weighted by Gasteiger charge is -2.45. The fraction of sp³-hybridized carbons (Fsp3) is 0.478. The van der Waals surface area contributed by atoms with Gasteiger partial charge in [-0.2, -0.15) is 0 Å². The first kappa shape index (κ1) is 69.5. The number of amides is 8. The van der Waals surface area contributed by atoms with Gasteiger partial charge in [0.2, 0.25) is 35.4 Å². The molecule has 8 amide bonds. The molecule has 5 heterocycles. The van der Waals surface area contributed by atoms with Crippen molar-refractivity contribution in [3.8, 4) is 0 Å². The predicted octanol–water partition coefficient (Wildman–Crippen LogP) is 7.39. The van der Waals surface area contributed by atoms with Crippen LogP contribution in [0.25, 0.3) is 0 Å². The SMILES string of the molecule is C=C1COCCN1C[C@H]1CN(C(=O)OC(C)(C)C)C(=C)CN1CC(=O)N1CC(C)(C(=O)NCC(=O)Nc2ccc3c(c2)CN(C(=O)[C@@H](NC(=O)[C@H](C)N(C)C(=O)OC(C)(C)C)C2CCOCC2)[C@H](C(=O)Nc2c(F)cccc2F)C3)c2ccc(Cc3ccc(F)cc3)cc21. The third-order valence-corrected chi connectivity index (χ3v) is 17.6. The van der Waals surface area contributed by atoms with Crippen molar-refractivity contribution in [1.29, 1.82) is 0 Å². The number of hydrogen-bond acceptors (Lipinski definition) is 14. The molecule has 0 spiro atoms. The summed E-state index contributed by atoms with van der Waals surface area (Å²) in [5.74, 6) is -6.84. The summed E-state index contributed by atoms with van der Waals surface area (Å²) in [6, 6.07) is 15.3. The van der Waals surface area contributed by atoms with Crippen molar-refractivity contribution >= 4 is 64.7 Å². The number of likely N-dealkylation sites (N-methyl/N-ethyl adjacent to an activating group) is 1. The highest BCUT2D eigenvalue weighted by Crippen LogP contribution is 2.43. The summed E-state index contributed by atoms with van der Waals surface area (Å²) in [7, 11) is 1.39. The Labute approximate surface area is 546 Å². The first-order valence-corrected chi connectivity index (χ1v) is 31.6. The van der Waals surface area contributed by atoms with E-state index < -0.39 is 118 Å². The maximum Gasteiger partial charge on any atom is 0.414 e. The number of fused-ring (bicyclic) bond motifs is 2. The molecule has 4 aromatic carbocycles. The zero-order valence-electron chi connectivity index (χ0n) is 54.8. The minimum atomic E-state index is -1.40. The van der Waals surface area contributed by atoms with Crippen molar-refractivity contribution in [3.05, 3.63) is 149 Å². The fourth-order valence-electron chi connectivity index (χ4n) is 12.3. The van der Waals surface area contributed by atoms with Crippen LogP contribution in [0.5, 0.6) is 0 Å². The second-order valence-electron chi connectivity index (χ2n) is 26.9. The molecular formula is C69H85F3N10O12. The molecule has 4 N–H and O–H groups in total. The standard InChI is InChI=1S/C69H85F3N10O12/c1-41-34-79(51(36-78-25-28-92-39-42(78)2)37-80(41)66(90)94-68(7,8)9)38-58(84)82-40-69(10,52-22-17-45(30-55(52)82)29-44-15-19-49(70)20-16-44)64(88)73-33-57(83)74-50-21-18-47-32-56(62(86)76-60-53(71)13-12-14-54(60)72)81(35-48(47)31-50)63(87)59(46-23-26-91-27-24-46)75-61(85)43(3)77(11)65(89)93-67(4,5)6/h12-22,30-31,43,46,51,56,59H,1-2,23-29,32-40H2,3-11H3,(H,73,88)(H,74,83)(H,75,85)(H,76,86)/t43-,51-,56-,59-,69?/m0/s1. The van der Waals surface area contributed by atoms with Gasteiger partial charge in [0.05, 0.1) is 31.7 Å². The molecule has 1 unspecified atom stereocenters. The van der Waals surface area contributed by atoms with Crippen LogP contribution in [-0.2, 0) is 72.5 Å². The summed E-state index contributed by atoms with van der Waals surface area (Å²) < 4.78 is 66.7. The Morgan fingerprint density at radius 2 is 1.47 bits per heavy atom. The molecule has 504 valence electrons. The lowest BCUT2D eigenvalue weighted by molar-refractivity contribution is -0.146. The Balaban J connectivity index is 0.940. The summed E-state index contributed by atoms with van der Waals surface area (Å²) in [6.07, 6.45) is -0.436. The number of rotatable bonds is 17. The highest BCUT2D eigenvalue weighted by Gasteiger charge is 2.49. The molecule has 9 rings (SSSR count). The molecule has 0 radical (unpaired) electrons. The van der Waals surface area contributed by atoms with Crippen molar-refractivity contribution in [3.63, 3.8) is 0 Å². The normalized spacial score (nSPS) is 20.1. The number of carbonyl (C=O) groups excluding carboxylic acids is 8. The topological polar surface area (TPSA) is 241 Å². The van der Waals surface area contributed by atoms with Gasteiger partial charge in [0.1, 0.15) is 52.5 Å². The quantitative estimate of drug-likeness (QED) is 0.0806. The summed E-state index contributed by atoms with van der Waals surface area (Å²) >= 11 is 0. The summed E-state index contributed by atoms with van der Waals surface area (Å²) in [6.45, 7) is 23.5. The second-order valence-corrected chi connectivity index (χ2v) is 26.9. The molecule has 5 aliphatic rings. The van der Waals surface area contributed by atoms with E-state index >= 15 is 18.4 Å². The van der Waals surface area contributed by atoms with Gasteiger partial charge >= 0.3 is 12.2 Å². The van der Waals surface area contributed by atoms with E-state index in [0.29, 0.717) is 73.6 Å². The number of nitrogens with zero attached hydrogens (tertiary/aromatic N) is 6. The third-order valence-electron chi connectivity index (χ3n) is 17.6. The van der Waals surface area contributed by atoms with E-state index in [2.05, 4.69) is 39.3 Å². The average Bonchev–Trinajstić information content (AvgIpc) is 1.56. The van der Waals surface area contributed by atoms with Crippen molar-refractivity contribution in [2.45, 2.75) is 128 Å². The van der Waals surface area contributed by atoms with Crippen LogP contribution in [-0.4, -0.2) is 187 Å². The second kappa shape index (κ2) is 28.8. The first-order chi connectivity index (χ1) is 44.4. The molecule has 0 saturated carbocycles. The number of benzene rings is 4. The lowest BCUT2D eigenvalue weighted by atomic mass is 9.83. The van der Waals surface area contributed by atoms with Crippen molar-refractivity contribution in [1.82, 2.24) is 35.1 Å². The highest BCUT2D eigenvalue weighted by atomic mass is 19.1. The van der Waals surface area contributed by atoms with E-state index in [1.807, 2.05) is 17.0 Å². The summed E-state index contributed by atoms with van der Waals surface area (Å²) in [4.78, 5) is 124. The van der Waals surface area contributed by atoms with E-state index in [1.165, 1.54) is 35.9 Å². The molecule has 3 fully saturated rings. The third kappa shape index (κ3) is 16.6. The molecule has 0 aromatic heterocycles. The lowest BCUT2D eigenvalue weighted by Crippen LogP contribution is -2.60. The zero-order chi connectivity index (χ0) is 68.1. The minimum Gasteiger partial charge on any atom is -0.444 e. The molecule has 94 heavy (non-hydrogen) atoms. The van der Waals surface area contributed by atoms with E-state index in [1.54, 1.807) is 89.8 Å². The highest BCUT2D eigenvalue weighted by molar-refractivity contribution is 6.04. The van der Waals surface area contributed by atoms with Gasteiger partial charge in [-0.25, -0.2) is 22.8 Å². The van der Waals surface area contributed by atoms with Crippen molar-refractivity contribution in [2.75, 3.05) is 94.8 Å². The largest absolute Gasteiger partial charge is 0.444 e. The molecule has 5 aliphatic heterocycles. The van der Waals surface area contributed by atoms with Crippen molar-refractivity contribution < 1.29 is 70.5 Å². The van der Waals surface area contributed by atoms with Gasteiger partial charge in [0.15, 0.2) is 0 Å². The number of anilines is 3. The Morgan fingerprint density at radius 1 is 0.787 bits per heavy atom. The monoisotopic (exact) mass is 1300 g/mol. The number of ether oxygens (including phenoxy) is 4. The Hall–Kier alpha value is -8.81. The maximum atomic E-state index is 15.3. The van der Waals surface area contributed by atoms with Gasteiger partial charge in [-0.15, -0.1) is 0 Å². The average molecular weight is 1300 g/mol. The number of hydrogen-bond donors (Lipinski definition) is 4. The van der Waals surface area contributed by atoms with Crippen LogP contribution in [0, 0.1) is 23.4 Å². The predicted molar refractivity (Wildman–Crippen MR) is 344 cm³/mol. The van der Waals surface area contributed by atoms with Gasteiger partial charge < -0.3 is 54.9 Å². The number of para-hydroxylation sites is 1. The van der Waals surface area contributed by atoms with Gasteiger partial charge in [0.25, 0.3) is 0 Å². The van der Waals surface area contributed by atoms with E-state index in [4.69, 9.17) is 18.9 Å². The Bertz CT molecular complexity index is 3570. The molecule has 3 saturated heterocycles. The number of carbonyl (C=O) groups is 8. The molecule has 0 bridgehead atoms. The number of halogens is 3. The van der Waals surface area contributed by atoms with Crippen LogP contribution in [0.3, 0.4) is 0 Å². The molecule has 4 aromatic rings. The molecule has 25 heteroatoms. The van der Waals surface area contributed by atoms with Crippen LogP contribution in [0.1, 0.15) is 96.0 Å². The van der Waals surface area contributed by atoms with Gasteiger partial charge in [0, 0.05) is 94.8 Å². The Kier molecular flexibility index (Phi) is 21.3. The van der Waals surface area contributed by atoms with Crippen LogP contribution in [0.15, 0.2) is 103 Å². The van der Waals surface area contributed by atoms with Gasteiger partial charge in [-0.1, -0.05) is 49.6 Å². The van der Waals surface area contributed by atoms with Gasteiger partial charge in [-0.3, -0.25) is 43.5 Å². The van der Waals surface area contributed by atoms with E-state index in [0.717, 1.165) is 39.9 Å². The fourth-order valence-corrected chi connectivity index (χ4v) is 12.3. The number of morpholine rings is 1. The smallest absolute Gasteiger partial charge is 0.414 e. The molecule has 0 aliphatic carbocycles. The first-order valence-electron chi connectivity index (χ1n) is 31.6. The van der Waals surface area contributed by atoms with Crippen LogP contribution in [0.4, 0.5) is 39.8 Å². The van der Waals surface area contributed by atoms with Crippen molar-refractivity contribution in [2.24, 2.45) is 5.92 Å². The number of piperazine rings is 1. The van der Waals surface area contributed by atoms with Gasteiger partial charge in [-0.05, 0) is 151 Å². The molecule has 5 atom stereocenters. The maximum absolute atomic E-state index is 15.3. The minimum absolute atomic E-state index is 0.117. The van der Waals surface area contributed by atoms with E-state index in [-0.39, 0.29) is 64.0 Å². The van der Waals surface area contributed by atoms with Crippen LogP contribution < -0.4 is 26.2 Å². The van der Waals surface area contributed by atoms with Crippen LogP contribution in [0.2, 0.25) is 0 Å². The van der Waals surface area contributed by atoms with Crippen LogP contribution >= 0.6 is 0 Å². The molecular weight excluding hydrogens is 1220 g/mol.